The van der Waals surface area contributed by atoms with E-state index in [9.17, 15) is 4.79 Å². The molecule has 42 heavy (non-hydrogen) atoms. The molecule has 6 atom stereocenters. The van der Waals surface area contributed by atoms with E-state index >= 15 is 0 Å². The molecular weight excluding hydrogens is 546 g/mol. The van der Waals surface area contributed by atoms with Gasteiger partial charge < -0.3 is 14.5 Å². The number of likely N-dealkylation sites (tertiary alicyclic amines) is 2. The SMILES string of the molecule is C=CC(=O)N1CC[C@@H]2[C@H]1CN2C1=NC(OCC23CCCN2CCC3)=NC2C=C(c3cccc4c3C3CC3C4)C(Cl)=CC12. The maximum absolute atomic E-state index is 12.5. The first kappa shape index (κ1) is 25.6. The highest BCUT2D eigenvalue weighted by Crippen LogP contribution is 2.58. The topological polar surface area (TPSA) is 60.7 Å². The van der Waals surface area contributed by atoms with Gasteiger partial charge in [0, 0.05) is 18.1 Å². The van der Waals surface area contributed by atoms with E-state index in [1.807, 2.05) is 4.90 Å². The molecule has 0 aromatic heterocycles. The molecule has 1 aromatic carbocycles. The van der Waals surface area contributed by atoms with E-state index in [1.54, 1.807) is 0 Å². The Kier molecular flexibility index (Phi) is 5.66. The zero-order chi connectivity index (χ0) is 28.2. The third kappa shape index (κ3) is 3.71. The first-order valence-corrected chi connectivity index (χ1v) is 16.4. The molecule has 1 amide bonds. The van der Waals surface area contributed by atoms with E-state index < -0.39 is 0 Å². The van der Waals surface area contributed by atoms with Crippen molar-refractivity contribution in [3.8, 4) is 0 Å². The summed E-state index contributed by atoms with van der Waals surface area (Å²) in [6, 6.07) is 7.57. The van der Waals surface area contributed by atoms with Crippen molar-refractivity contribution in [1.29, 1.82) is 0 Å². The predicted molar refractivity (Wildman–Crippen MR) is 165 cm³/mol. The minimum Gasteiger partial charge on any atom is -0.462 e. The molecular formula is C34H38ClN5O2. The largest absolute Gasteiger partial charge is 0.462 e. The van der Waals surface area contributed by atoms with Crippen molar-refractivity contribution in [2.24, 2.45) is 21.8 Å². The molecule has 8 heteroatoms. The summed E-state index contributed by atoms with van der Waals surface area (Å²) in [7, 11) is 0. The van der Waals surface area contributed by atoms with Crippen molar-refractivity contribution < 1.29 is 9.53 Å². The van der Waals surface area contributed by atoms with Gasteiger partial charge in [0.25, 0.3) is 0 Å². The molecule has 5 aliphatic heterocycles. The Balaban J connectivity index is 1.05. The molecule has 8 aliphatic rings. The van der Waals surface area contributed by atoms with Crippen LogP contribution in [-0.2, 0) is 16.0 Å². The zero-order valence-electron chi connectivity index (χ0n) is 24.1. The summed E-state index contributed by atoms with van der Waals surface area (Å²) in [5, 5.41) is 0.791. The summed E-state index contributed by atoms with van der Waals surface area (Å²) < 4.78 is 6.56. The van der Waals surface area contributed by atoms with Crippen molar-refractivity contribution in [2.45, 2.75) is 74.5 Å². The lowest BCUT2D eigenvalue weighted by Crippen LogP contribution is -2.66. The molecule has 4 unspecified atom stereocenters. The number of ether oxygens (including phenoxy) is 1. The lowest BCUT2D eigenvalue weighted by atomic mass is 9.83. The van der Waals surface area contributed by atoms with Crippen LogP contribution >= 0.6 is 11.6 Å². The van der Waals surface area contributed by atoms with Crippen LogP contribution in [0.2, 0.25) is 0 Å². The van der Waals surface area contributed by atoms with Crippen LogP contribution in [0.4, 0.5) is 0 Å². The van der Waals surface area contributed by atoms with Crippen LogP contribution in [0.25, 0.3) is 5.57 Å². The Morgan fingerprint density at radius 2 is 2.02 bits per heavy atom. The molecule has 0 radical (unpaired) electrons. The Hall–Kier alpha value is -2.90. The van der Waals surface area contributed by atoms with Crippen molar-refractivity contribution >= 4 is 34.9 Å². The predicted octanol–water partition coefficient (Wildman–Crippen LogP) is 4.73. The van der Waals surface area contributed by atoms with E-state index in [1.165, 1.54) is 74.4 Å². The normalized spacial score (nSPS) is 35.1. The maximum Gasteiger partial charge on any atom is 0.314 e. The quantitative estimate of drug-likeness (QED) is 0.481. The second-order valence-electron chi connectivity index (χ2n) is 13.7. The van der Waals surface area contributed by atoms with Gasteiger partial charge in [0.05, 0.1) is 29.6 Å². The Bertz CT molecular complexity index is 1500. The van der Waals surface area contributed by atoms with Crippen molar-refractivity contribution in [3.05, 3.63) is 64.7 Å². The monoisotopic (exact) mass is 583 g/mol. The molecule has 0 bridgehead atoms. The summed E-state index contributed by atoms with van der Waals surface area (Å²) in [4.78, 5) is 29.7. The number of halogens is 1. The number of nitrogens with zero attached hydrogens (tertiary/aromatic N) is 5. The van der Waals surface area contributed by atoms with Gasteiger partial charge in [0.2, 0.25) is 5.91 Å². The molecule has 9 rings (SSSR count). The molecule has 3 aliphatic carbocycles. The van der Waals surface area contributed by atoms with Crippen molar-refractivity contribution in [1.82, 2.24) is 14.7 Å². The van der Waals surface area contributed by atoms with E-state index in [0.717, 1.165) is 41.9 Å². The van der Waals surface area contributed by atoms with Crippen LogP contribution in [0.5, 0.6) is 0 Å². The highest BCUT2D eigenvalue weighted by atomic mass is 35.5. The number of carbonyl (C=O) groups excluding carboxylic acids is 1. The second-order valence-corrected chi connectivity index (χ2v) is 14.1. The van der Waals surface area contributed by atoms with Gasteiger partial charge in [-0.1, -0.05) is 42.5 Å². The number of hydrogen-bond acceptors (Lipinski definition) is 6. The van der Waals surface area contributed by atoms with Crippen LogP contribution in [0.3, 0.4) is 0 Å². The van der Waals surface area contributed by atoms with Crippen LogP contribution in [-0.4, -0.2) is 88.9 Å². The third-order valence-corrected chi connectivity index (χ3v) is 12.0. The Morgan fingerprint density at radius 3 is 2.86 bits per heavy atom. The lowest BCUT2D eigenvalue weighted by molar-refractivity contribution is -0.129. The number of aliphatic imine (C=N–C) groups is 2. The molecule has 4 saturated heterocycles. The van der Waals surface area contributed by atoms with Crippen molar-refractivity contribution in [2.75, 3.05) is 32.8 Å². The molecule has 1 aromatic rings. The summed E-state index contributed by atoms with van der Waals surface area (Å²) in [5.74, 6) is 2.47. The van der Waals surface area contributed by atoms with Crippen molar-refractivity contribution in [3.63, 3.8) is 0 Å². The molecule has 218 valence electrons. The van der Waals surface area contributed by atoms with Crippen LogP contribution < -0.4 is 0 Å². The van der Waals surface area contributed by atoms with Gasteiger partial charge in [-0.3, -0.25) is 9.69 Å². The van der Waals surface area contributed by atoms with Crippen LogP contribution in [0.1, 0.15) is 61.1 Å². The van der Waals surface area contributed by atoms with Gasteiger partial charge >= 0.3 is 6.02 Å². The molecule has 0 spiro atoms. The van der Waals surface area contributed by atoms with Crippen LogP contribution in [0, 0.1) is 11.8 Å². The fraction of sp³-hybridized carbons (Fsp3) is 0.559. The summed E-state index contributed by atoms with van der Waals surface area (Å²) in [6.45, 7) is 8.24. The minimum atomic E-state index is -0.121. The highest BCUT2D eigenvalue weighted by Gasteiger charge is 2.52. The minimum absolute atomic E-state index is 0.0228. The number of amides is 1. The van der Waals surface area contributed by atoms with E-state index in [2.05, 4.69) is 46.7 Å². The molecule has 0 N–H and O–H groups in total. The highest BCUT2D eigenvalue weighted by molar-refractivity contribution is 6.37. The van der Waals surface area contributed by atoms with Gasteiger partial charge in [-0.2, -0.15) is 4.99 Å². The summed E-state index contributed by atoms with van der Waals surface area (Å²) >= 11 is 7.14. The van der Waals surface area contributed by atoms with Gasteiger partial charge in [-0.15, -0.1) is 0 Å². The maximum atomic E-state index is 12.5. The average molecular weight is 584 g/mol. The average Bonchev–Trinajstić information content (AvgIpc) is 3.28. The number of hydrogen-bond donors (Lipinski definition) is 0. The molecule has 7 nitrogen and oxygen atoms in total. The smallest absolute Gasteiger partial charge is 0.314 e. The molecule has 5 heterocycles. The standard InChI is InChI=1S/C34H38ClN5O2/c1-2-30(41)39-13-8-28-29(39)18-40(28)32-25-16-26(35)24(22-7-3-6-20-14-21-15-23(21)31(20)22)17-27(25)36-33(37-32)42-19-34-9-4-11-38(34)12-5-10-34/h2-3,6-7,16-17,21,23,25,27-29H,1,4-5,8-15,18-19H2/t21?,23?,25?,27?,28-,29-/m1/s1. The third-order valence-electron chi connectivity index (χ3n) is 11.6. The fourth-order valence-corrected chi connectivity index (χ4v) is 9.73. The van der Waals surface area contributed by atoms with E-state index in [0.29, 0.717) is 18.5 Å². The number of fused-ring (bicyclic) bond motifs is 6. The van der Waals surface area contributed by atoms with E-state index in [-0.39, 0.29) is 35.5 Å². The Morgan fingerprint density at radius 1 is 1.17 bits per heavy atom. The number of allylic oxidation sites excluding steroid dienone is 2. The first-order chi connectivity index (χ1) is 20.5. The Labute approximate surface area is 252 Å². The fourth-order valence-electron chi connectivity index (χ4n) is 9.42. The number of benzene rings is 1. The summed E-state index contributed by atoms with van der Waals surface area (Å²) in [6.07, 6.45) is 14.2. The van der Waals surface area contributed by atoms with Gasteiger partial charge in [-0.05, 0) is 104 Å². The summed E-state index contributed by atoms with van der Waals surface area (Å²) in [5.41, 5.74) is 5.52. The number of rotatable bonds is 4. The molecule has 5 fully saturated rings. The van der Waals surface area contributed by atoms with Gasteiger partial charge in [0.1, 0.15) is 12.4 Å². The number of amidine groups is 2. The molecule has 1 saturated carbocycles. The second kappa shape index (κ2) is 9.30. The lowest BCUT2D eigenvalue weighted by Gasteiger charge is -2.50. The number of carbonyl (C=O) groups is 1. The van der Waals surface area contributed by atoms with E-state index in [4.69, 9.17) is 26.3 Å². The van der Waals surface area contributed by atoms with Gasteiger partial charge in [0.15, 0.2) is 0 Å². The van der Waals surface area contributed by atoms with Gasteiger partial charge in [-0.25, -0.2) is 4.99 Å². The zero-order valence-corrected chi connectivity index (χ0v) is 24.8. The van der Waals surface area contributed by atoms with Crippen LogP contribution in [0.15, 0.2) is 58.0 Å². The first-order valence-electron chi connectivity index (χ1n) is 16.0.